The Morgan fingerprint density at radius 2 is 1.88 bits per heavy atom. The van der Waals surface area contributed by atoms with Crippen LogP contribution in [0.4, 0.5) is 5.82 Å². The van der Waals surface area contributed by atoms with Crippen molar-refractivity contribution in [1.29, 1.82) is 0 Å². The summed E-state index contributed by atoms with van der Waals surface area (Å²) in [6, 6.07) is 15.7. The van der Waals surface area contributed by atoms with Gasteiger partial charge in [0.1, 0.15) is 17.2 Å². The van der Waals surface area contributed by atoms with E-state index < -0.39 is 5.60 Å². The lowest BCUT2D eigenvalue weighted by Crippen LogP contribution is -2.25. The van der Waals surface area contributed by atoms with Crippen molar-refractivity contribution in [2.24, 2.45) is 7.05 Å². The maximum atomic E-state index is 12.9. The van der Waals surface area contributed by atoms with Crippen LogP contribution in [0, 0.1) is 13.8 Å². The molecule has 0 unspecified atom stereocenters. The highest BCUT2D eigenvalue weighted by Gasteiger charge is 2.24. The number of aryl methyl sites for hydroxylation is 3. The maximum Gasteiger partial charge on any atom is 0.251 e. The van der Waals surface area contributed by atoms with Gasteiger partial charge in [-0.2, -0.15) is 9.61 Å². The molecular weight excluding hydrogens is 530 g/mol. The number of nitrogens with zero attached hydrogens (tertiary/aromatic N) is 5. The van der Waals surface area contributed by atoms with Crippen LogP contribution in [0.15, 0.2) is 60.9 Å². The summed E-state index contributed by atoms with van der Waals surface area (Å²) < 4.78 is 3.74. The first-order valence-electron chi connectivity index (χ1n) is 14.0. The molecule has 0 saturated heterocycles. The molecule has 0 radical (unpaired) electrons. The van der Waals surface area contributed by atoms with Gasteiger partial charge in [0.2, 0.25) is 0 Å². The zero-order valence-electron chi connectivity index (χ0n) is 24.6. The normalized spacial score (nSPS) is 11.7. The van der Waals surface area contributed by atoms with Gasteiger partial charge in [-0.25, -0.2) is 9.97 Å². The quantitative estimate of drug-likeness (QED) is 0.185. The van der Waals surface area contributed by atoms with Gasteiger partial charge < -0.3 is 25.4 Å². The number of anilines is 1. The standard InChI is InChI=1S/C32H37N7O3/c1-20-10-11-23(17-25(20)31(41)34-12-7-15-40)28-21(2)37-39-27(18-26(32(3,4)42)36-30(28)39)35-19-22-8-6-9-24(16-22)29-33-13-14-38(29)5/h6,8-11,13-14,16-18,35,40,42H,7,12,15,19H2,1-5H3,(H,34,41). The van der Waals surface area contributed by atoms with Crippen molar-refractivity contribution in [2.45, 2.75) is 46.3 Å². The molecule has 0 fully saturated rings. The van der Waals surface area contributed by atoms with Gasteiger partial charge in [0.25, 0.3) is 5.91 Å². The number of benzene rings is 2. The molecule has 10 heteroatoms. The molecule has 218 valence electrons. The fourth-order valence-electron chi connectivity index (χ4n) is 4.96. The van der Waals surface area contributed by atoms with E-state index in [1.54, 1.807) is 24.6 Å². The summed E-state index contributed by atoms with van der Waals surface area (Å²) in [7, 11) is 1.97. The number of carbonyl (C=O) groups excluding carboxylic acids is 1. The monoisotopic (exact) mass is 567 g/mol. The molecule has 0 spiro atoms. The molecule has 10 nitrogen and oxygen atoms in total. The van der Waals surface area contributed by atoms with E-state index in [2.05, 4.69) is 21.7 Å². The van der Waals surface area contributed by atoms with Crippen molar-refractivity contribution >= 4 is 17.4 Å². The predicted molar refractivity (Wildman–Crippen MR) is 163 cm³/mol. The minimum absolute atomic E-state index is 0.0159. The summed E-state index contributed by atoms with van der Waals surface area (Å²) in [5.74, 6) is 1.37. The number of hydrogen-bond acceptors (Lipinski definition) is 7. The van der Waals surface area contributed by atoms with E-state index in [-0.39, 0.29) is 12.5 Å². The van der Waals surface area contributed by atoms with Gasteiger partial charge >= 0.3 is 0 Å². The number of imidazole rings is 1. The summed E-state index contributed by atoms with van der Waals surface area (Å²) in [5, 5.41) is 31.2. The van der Waals surface area contributed by atoms with Crippen molar-refractivity contribution in [3.8, 4) is 22.5 Å². The van der Waals surface area contributed by atoms with Crippen molar-refractivity contribution in [2.75, 3.05) is 18.5 Å². The number of carbonyl (C=O) groups is 1. The molecule has 0 aliphatic rings. The SMILES string of the molecule is Cc1ccc(-c2c(C)nn3c(NCc4cccc(-c5nccn5C)c4)cc(C(C)(C)O)nc23)cc1C(=O)NCCCO. The minimum atomic E-state index is -1.20. The zero-order chi connectivity index (χ0) is 30.0. The van der Waals surface area contributed by atoms with Gasteiger partial charge in [0.05, 0.1) is 11.4 Å². The Kier molecular flexibility index (Phi) is 8.11. The molecule has 2 aromatic carbocycles. The van der Waals surface area contributed by atoms with E-state index in [9.17, 15) is 9.90 Å². The molecule has 5 aromatic rings. The summed E-state index contributed by atoms with van der Waals surface area (Å²) >= 11 is 0. The topological polar surface area (TPSA) is 130 Å². The van der Waals surface area contributed by atoms with Crippen LogP contribution in [0.5, 0.6) is 0 Å². The lowest BCUT2D eigenvalue weighted by atomic mass is 9.99. The van der Waals surface area contributed by atoms with Crippen LogP contribution in [0.3, 0.4) is 0 Å². The number of rotatable bonds is 10. The maximum absolute atomic E-state index is 12.9. The highest BCUT2D eigenvalue weighted by molar-refractivity contribution is 5.97. The van der Waals surface area contributed by atoms with Crippen LogP contribution < -0.4 is 10.6 Å². The number of amides is 1. The van der Waals surface area contributed by atoms with Crippen LogP contribution in [0.2, 0.25) is 0 Å². The second-order valence-electron chi connectivity index (χ2n) is 11.1. The van der Waals surface area contributed by atoms with E-state index in [1.807, 2.05) is 74.1 Å². The predicted octanol–water partition coefficient (Wildman–Crippen LogP) is 4.37. The molecule has 4 N–H and O–H groups in total. The lowest BCUT2D eigenvalue weighted by molar-refractivity contribution is 0.0740. The molecule has 0 saturated carbocycles. The number of hydrogen-bond donors (Lipinski definition) is 4. The second kappa shape index (κ2) is 11.8. The molecule has 5 rings (SSSR count). The number of aromatic nitrogens is 5. The number of aliphatic hydroxyl groups excluding tert-OH is 1. The second-order valence-corrected chi connectivity index (χ2v) is 11.1. The van der Waals surface area contributed by atoms with Crippen molar-refractivity contribution in [3.05, 3.63) is 89.0 Å². The minimum Gasteiger partial charge on any atom is -0.396 e. The molecular formula is C32H37N7O3. The molecule has 0 aliphatic heterocycles. The van der Waals surface area contributed by atoms with Gasteiger partial charge in [-0.05, 0) is 62.9 Å². The van der Waals surface area contributed by atoms with E-state index >= 15 is 0 Å². The van der Waals surface area contributed by atoms with Gasteiger partial charge in [-0.15, -0.1) is 0 Å². The Morgan fingerprint density at radius 3 is 2.60 bits per heavy atom. The van der Waals surface area contributed by atoms with Gasteiger partial charge in [-0.1, -0.05) is 30.3 Å². The summed E-state index contributed by atoms with van der Waals surface area (Å²) in [6.07, 6.45) is 4.19. The third-order valence-electron chi connectivity index (χ3n) is 7.26. The van der Waals surface area contributed by atoms with Crippen molar-refractivity contribution < 1.29 is 15.0 Å². The number of aliphatic hydroxyl groups is 2. The van der Waals surface area contributed by atoms with E-state index in [0.29, 0.717) is 42.2 Å². The van der Waals surface area contributed by atoms with Crippen LogP contribution in [-0.2, 0) is 19.2 Å². The molecule has 3 heterocycles. The van der Waals surface area contributed by atoms with E-state index in [1.165, 1.54) is 0 Å². The summed E-state index contributed by atoms with van der Waals surface area (Å²) in [5.41, 5.74) is 5.67. The molecule has 42 heavy (non-hydrogen) atoms. The average Bonchev–Trinajstić information content (AvgIpc) is 3.54. The Bertz CT molecular complexity index is 1750. The Hall–Kier alpha value is -4.54. The highest BCUT2D eigenvalue weighted by Crippen LogP contribution is 2.33. The molecule has 0 bridgehead atoms. The van der Waals surface area contributed by atoms with Crippen LogP contribution >= 0.6 is 0 Å². The Balaban J connectivity index is 1.54. The summed E-state index contributed by atoms with van der Waals surface area (Å²) in [6.45, 7) is 8.13. The third-order valence-corrected chi connectivity index (χ3v) is 7.26. The lowest BCUT2D eigenvalue weighted by Gasteiger charge is -2.19. The van der Waals surface area contributed by atoms with E-state index in [4.69, 9.17) is 15.2 Å². The van der Waals surface area contributed by atoms with Crippen LogP contribution in [0.1, 0.15) is 53.1 Å². The smallest absolute Gasteiger partial charge is 0.251 e. The zero-order valence-corrected chi connectivity index (χ0v) is 24.6. The van der Waals surface area contributed by atoms with Gasteiger partial charge in [-0.3, -0.25) is 4.79 Å². The van der Waals surface area contributed by atoms with E-state index in [0.717, 1.165) is 39.3 Å². The number of nitrogens with one attached hydrogen (secondary N) is 2. The Labute approximate surface area is 245 Å². The third kappa shape index (κ3) is 5.90. The molecule has 1 amide bonds. The first-order chi connectivity index (χ1) is 20.1. The van der Waals surface area contributed by atoms with Crippen LogP contribution in [-0.4, -0.2) is 53.4 Å². The summed E-state index contributed by atoms with van der Waals surface area (Å²) in [4.78, 5) is 22.2. The van der Waals surface area contributed by atoms with Crippen LogP contribution in [0.25, 0.3) is 28.2 Å². The molecule has 0 aliphatic carbocycles. The fourth-order valence-corrected chi connectivity index (χ4v) is 4.96. The van der Waals surface area contributed by atoms with Gasteiger partial charge in [0, 0.05) is 61.9 Å². The van der Waals surface area contributed by atoms with Gasteiger partial charge in [0.15, 0.2) is 5.65 Å². The number of fused-ring (bicyclic) bond motifs is 1. The molecule has 3 aromatic heterocycles. The van der Waals surface area contributed by atoms with Crippen molar-refractivity contribution in [1.82, 2.24) is 29.5 Å². The average molecular weight is 568 g/mol. The fraction of sp³-hybridized carbons (Fsp3) is 0.312. The first kappa shape index (κ1) is 29.0. The highest BCUT2D eigenvalue weighted by atomic mass is 16.3. The molecule has 0 atom stereocenters. The van der Waals surface area contributed by atoms with Crippen molar-refractivity contribution in [3.63, 3.8) is 0 Å². The Morgan fingerprint density at radius 1 is 1.07 bits per heavy atom. The first-order valence-corrected chi connectivity index (χ1v) is 14.0. The largest absolute Gasteiger partial charge is 0.396 e.